The number of hydrogen-bond donors (Lipinski definition) is 2. The predicted molar refractivity (Wildman–Crippen MR) is 79.2 cm³/mol. The first-order chi connectivity index (χ1) is 10.2. The largest absolute Gasteiger partial charge is 0.478 e. The summed E-state index contributed by atoms with van der Waals surface area (Å²) in [5.74, 6) is -2.12. The Morgan fingerprint density at radius 2 is 1.86 bits per heavy atom. The summed E-state index contributed by atoms with van der Waals surface area (Å²) in [5, 5.41) is 11.6. The first-order valence-corrected chi connectivity index (χ1v) is 6.69. The number of rotatable bonds is 4. The maximum Gasteiger partial charge on any atom is 0.412 e. The first kappa shape index (κ1) is 17.5. The molecule has 120 valence electrons. The lowest BCUT2D eigenvalue weighted by atomic mass is 10.1. The maximum atomic E-state index is 11.8. The molecule has 0 fully saturated rings. The molecule has 1 amide bonds. The summed E-state index contributed by atoms with van der Waals surface area (Å²) in [6.07, 6.45) is -0.809. The summed E-state index contributed by atoms with van der Waals surface area (Å²) in [4.78, 5) is 35.0. The van der Waals surface area contributed by atoms with Crippen LogP contribution < -0.4 is 5.32 Å². The maximum absolute atomic E-state index is 11.8. The molecule has 0 unspecified atom stereocenters. The highest BCUT2D eigenvalue weighted by Crippen LogP contribution is 2.22. The minimum absolute atomic E-state index is 0.0349. The third-order valence-electron chi connectivity index (χ3n) is 2.41. The second-order valence-corrected chi connectivity index (χ2v) is 5.38. The second-order valence-electron chi connectivity index (χ2n) is 5.38. The smallest absolute Gasteiger partial charge is 0.412 e. The van der Waals surface area contributed by atoms with Crippen LogP contribution >= 0.6 is 0 Å². The Balaban J connectivity index is 3.15. The van der Waals surface area contributed by atoms with Crippen LogP contribution in [0.15, 0.2) is 18.2 Å². The molecule has 7 heteroatoms. The van der Waals surface area contributed by atoms with Gasteiger partial charge in [-0.15, -0.1) is 0 Å². The van der Waals surface area contributed by atoms with Gasteiger partial charge < -0.3 is 14.6 Å². The number of carbonyl (C=O) groups is 3. The van der Waals surface area contributed by atoms with E-state index in [0.717, 1.165) is 0 Å². The molecule has 0 aliphatic carbocycles. The fourth-order valence-corrected chi connectivity index (χ4v) is 1.68. The number of nitrogens with one attached hydrogen (secondary N) is 1. The van der Waals surface area contributed by atoms with Crippen LogP contribution in [0.4, 0.5) is 10.5 Å². The van der Waals surface area contributed by atoms with E-state index in [1.54, 1.807) is 27.7 Å². The normalized spacial score (nSPS) is 10.7. The lowest BCUT2D eigenvalue weighted by Crippen LogP contribution is -2.28. The van der Waals surface area contributed by atoms with E-state index in [4.69, 9.17) is 9.47 Å². The van der Waals surface area contributed by atoms with Gasteiger partial charge in [0.25, 0.3) is 0 Å². The van der Waals surface area contributed by atoms with E-state index in [-0.39, 0.29) is 23.4 Å². The zero-order chi connectivity index (χ0) is 16.9. The molecular weight excluding hydrogens is 290 g/mol. The Kier molecular flexibility index (Phi) is 5.50. The first-order valence-electron chi connectivity index (χ1n) is 6.69. The topological polar surface area (TPSA) is 102 Å². The van der Waals surface area contributed by atoms with Gasteiger partial charge in [-0.3, -0.25) is 5.32 Å². The van der Waals surface area contributed by atoms with Crippen molar-refractivity contribution in [3.8, 4) is 0 Å². The van der Waals surface area contributed by atoms with Gasteiger partial charge in [0.15, 0.2) is 0 Å². The van der Waals surface area contributed by atoms with Gasteiger partial charge in [0, 0.05) is 0 Å². The van der Waals surface area contributed by atoms with Crippen molar-refractivity contribution in [2.45, 2.75) is 33.3 Å². The van der Waals surface area contributed by atoms with Gasteiger partial charge in [-0.2, -0.15) is 0 Å². The van der Waals surface area contributed by atoms with Crippen molar-refractivity contribution in [2.24, 2.45) is 0 Å². The van der Waals surface area contributed by atoms with Gasteiger partial charge in [-0.1, -0.05) is 6.07 Å². The minimum Gasteiger partial charge on any atom is -0.478 e. The molecule has 0 aromatic heterocycles. The molecule has 0 saturated carbocycles. The van der Waals surface area contributed by atoms with Gasteiger partial charge in [0.05, 0.1) is 23.4 Å². The lowest BCUT2D eigenvalue weighted by Gasteiger charge is -2.20. The van der Waals surface area contributed by atoms with Gasteiger partial charge >= 0.3 is 18.0 Å². The van der Waals surface area contributed by atoms with E-state index < -0.39 is 23.6 Å². The quantitative estimate of drug-likeness (QED) is 0.829. The fraction of sp³-hybridized carbons (Fsp3) is 0.400. The molecule has 0 spiro atoms. The van der Waals surface area contributed by atoms with Crippen LogP contribution in [0.2, 0.25) is 0 Å². The summed E-state index contributed by atoms with van der Waals surface area (Å²) < 4.78 is 9.88. The number of carbonyl (C=O) groups excluding carboxylic acids is 2. The van der Waals surface area contributed by atoms with Crippen LogP contribution in [0.1, 0.15) is 48.4 Å². The number of anilines is 1. The number of esters is 1. The molecule has 22 heavy (non-hydrogen) atoms. The molecule has 1 rings (SSSR count). The van der Waals surface area contributed by atoms with Crippen LogP contribution in [0.25, 0.3) is 0 Å². The molecule has 0 heterocycles. The van der Waals surface area contributed by atoms with Crippen LogP contribution in [-0.2, 0) is 9.47 Å². The third kappa shape index (κ3) is 4.76. The van der Waals surface area contributed by atoms with Crippen molar-refractivity contribution in [1.29, 1.82) is 0 Å². The average Bonchev–Trinajstić information content (AvgIpc) is 2.35. The number of hydrogen-bond acceptors (Lipinski definition) is 5. The Bertz CT molecular complexity index is 588. The molecule has 2 N–H and O–H groups in total. The van der Waals surface area contributed by atoms with Crippen molar-refractivity contribution in [3.63, 3.8) is 0 Å². The van der Waals surface area contributed by atoms with Crippen molar-refractivity contribution >= 4 is 23.7 Å². The lowest BCUT2D eigenvalue weighted by molar-refractivity contribution is 0.0513. The van der Waals surface area contributed by atoms with Gasteiger partial charge in [-0.05, 0) is 39.8 Å². The second kappa shape index (κ2) is 6.93. The number of aromatic carboxylic acids is 1. The van der Waals surface area contributed by atoms with Crippen molar-refractivity contribution in [2.75, 3.05) is 11.9 Å². The predicted octanol–water partition coefficient (Wildman–Crippen LogP) is 2.91. The molecule has 0 aliphatic rings. The fourth-order valence-electron chi connectivity index (χ4n) is 1.68. The molecule has 7 nitrogen and oxygen atoms in total. The summed E-state index contributed by atoms with van der Waals surface area (Å²) in [6.45, 7) is 6.77. The highest BCUT2D eigenvalue weighted by molar-refractivity contribution is 6.08. The van der Waals surface area contributed by atoms with Crippen molar-refractivity contribution in [3.05, 3.63) is 29.3 Å². The number of carboxylic acids is 1. The molecule has 0 saturated heterocycles. The molecule has 1 aromatic carbocycles. The van der Waals surface area contributed by atoms with Crippen molar-refractivity contribution in [1.82, 2.24) is 0 Å². The van der Waals surface area contributed by atoms with Gasteiger partial charge in [0.2, 0.25) is 0 Å². The molecule has 0 radical (unpaired) electrons. The average molecular weight is 309 g/mol. The number of ether oxygens (including phenoxy) is 2. The van der Waals surface area contributed by atoms with Crippen LogP contribution in [0.5, 0.6) is 0 Å². The number of benzene rings is 1. The summed E-state index contributed by atoms with van der Waals surface area (Å²) in [5.41, 5.74) is -1.24. The zero-order valence-electron chi connectivity index (χ0n) is 12.9. The standard InChI is InChI=1S/C15H19NO6/c1-5-21-13(19)9-7-6-8-10(11(9)12(17)18)16-14(20)22-15(2,3)4/h6-8H,5H2,1-4H3,(H,16,20)(H,17,18). The van der Waals surface area contributed by atoms with Gasteiger partial charge in [-0.25, -0.2) is 14.4 Å². The Morgan fingerprint density at radius 1 is 1.23 bits per heavy atom. The van der Waals surface area contributed by atoms with E-state index in [1.165, 1.54) is 18.2 Å². The van der Waals surface area contributed by atoms with Crippen LogP contribution in [0, 0.1) is 0 Å². The van der Waals surface area contributed by atoms with Crippen LogP contribution in [0.3, 0.4) is 0 Å². The summed E-state index contributed by atoms with van der Waals surface area (Å²) in [6, 6.07) is 4.14. The van der Waals surface area contributed by atoms with E-state index in [1.807, 2.05) is 0 Å². The SMILES string of the molecule is CCOC(=O)c1cccc(NC(=O)OC(C)(C)C)c1C(=O)O. The third-order valence-corrected chi connectivity index (χ3v) is 2.41. The number of carboxylic acid groups (broad SMARTS) is 1. The monoisotopic (exact) mass is 309 g/mol. The summed E-state index contributed by atoms with van der Waals surface area (Å²) >= 11 is 0. The van der Waals surface area contributed by atoms with Gasteiger partial charge in [0.1, 0.15) is 5.60 Å². The summed E-state index contributed by atoms with van der Waals surface area (Å²) in [7, 11) is 0. The van der Waals surface area contributed by atoms with Crippen LogP contribution in [-0.4, -0.2) is 35.3 Å². The molecule has 1 aromatic rings. The van der Waals surface area contributed by atoms with E-state index >= 15 is 0 Å². The highest BCUT2D eigenvalue weighted by Gasteiger charge is 2.24. The Morgan fingerprint density at radius 3 is 2.36 bits per heavy atom. The Labute approximate surface area is 128 Å². The highest BCUT2D eigenvalue weighted by atomic mass is 16.6. The molecule has 0 aliphatic heterocycles. The molecule has 0 atom stereocenters. The molecule has 0 bridgehead atoms. The van der Waals surface area contributed by atoms with Crippen molar-refractivity contribution < 1.29 is 29.0 Å². The van der Waals surface area contributed by atoms with E-state index in [9.17, 15) is 19.5 Å². The Hall–Kier alpha value is -2.57. The van der Waals surface area contributed by atoms with E-state index in [0.29, 0.717) is 0 Å². The molecular formula is C15H19NO6. The number of amides is 1. The van der Waals surface area contributed by atoms with E-state index in [2.05, 4.69) is 5.32 Å². The minimum atomic E-state index is -1.35. The zero-order valence-corrected chi connectivity index (χ0v) is 12.9.